The number of nitrogens with two attached hydrogens (primary N) is 1. The van der Waals surface area contributed by atoms with Gasteiger partial charge in [-0.2, -0.15) is 4.31 Å². The van der Waals surface area contributed by atoms with Gasteiger partial charge in [-0.05, 0) is 23.8 Å². The van der Waals surface area contributed by atoms with E-state index in [2.05, 4.69) is 0 Å². The van der Waals surface area contributed by atoms with Crippen LogP contribution in [0.5, 0.6) is 5.75 Å². The molecule has 2 N–H and O–H groups in total. The van der Waals surface area contributed by atoms with Crippen molar-refractivity contribution in [3.8, 4) is 5.75 Å². The van der Waals surface area contributed by atoms with E-state index in [1.807, 2.05) is 0 Å². The molecule has 1 unspecified atom stereocenters. The SMILES string of the molecule is COc1ccc(/C=C/C(=O)OC(C(N)=O)c2ccccc2)cc1S(=O)(=O)N1CCOCC1. The molecule has 0 saturated carbocycles. The molecule has 1 heterocycles. The van der Waals surface area contributed by atoms with Crippen molar-refractivity contribution in [1.82, 2.24) is 4.31 Å². The Hall–Kier alpha value is -3.21. The second-order valence-electron chi connectivity index (χ2n) is 6.89. The molecule has 0 radical (unpaired) electrons. The molecule has 0 bridgehead atoms. The Labute approximate surface area is 186 Å². The molecule has 170 valence electrons. The molecule has 10 heteroatoms. The first-order valence-electron chi connectivity index (χ1n) is 9.82. The molecular weight excluding hydrogens is 436 g/mol. The number of morpholine rings is 1. The molecule has 0 aromatic heterocycles. The number of carbonyl (C=O) groups is 2. The zero-order valence-corrected chi connectivity index (χ0v) is 18.3. The summed E-state index contributed by atoms with van der Waals surface area (Å²) in [4.78, 5) is 24.0. The summed E-state index contributed by atoms with van der Waals surface area (Å²) in [7, 11) is -2.43. The van der Waals surface area contributed by atoms with Crippen LogP contribution in [0.15, 0.2) is 59.5 Å². The summed E-state index contributed by atoms with van der Waals surface area (Å²) < 4.78 is 43.1. The van der Waals surface area contributed by atoms with Crippen LogP contribution in [0, 0.1) is 0 Å². The number of benzene rings is 2. The first-order valence-corrected chi connectivity index (χ1v) is 11.3. The number of hydrogen-bond donors (Lipinski definition) is 1. The predicted octanol–water partition coefficient (Wildman–Crippen LogP) is 1.50. The van der Waals surface area contributed by atoms with Gasteiger partial charge >= 0.3 is 5.97 Å². The summed E-state index contributed by atoms with van der Waals surface area (Å²) in [5, 5.41) is 0. The lowest BCUT2D eigenvalue weighted by Gasteiger charge is -2.26. The van der Waals surface area contributed by atoms with Crippen molar-refractivity contribution >= 4 is 28.0 Å². The highest BCUT2D eigenvalue weighted by molar-refractivity contribution is 7.89. The lowest BCUT2D eigenvalue weighted by atomic mass is 10.1. The third-order valence-electron chi connectivity index (χ3n) is 4.78. The first-order chi connectivity index (χ1) is 15.3. The number of nitrogens with zero attached hydrogens (tertiary/aromatic N) is 1. The molecule has 2 aromatic rings. The van der Waals surface area contributed by atoms with Gasteiger partial charge in [-0.15, -0.1) is 0 Å². The van der Waals surface area contributed by atoms with Gasteiger partial charge in [0.15, 0.2) is 0 Å². The molecule has 1 saturated heterocycles. The Kier molecular flexibility index (Phi) is 7.62. The van der Waals surface area contributed by atoms with Crippen LogP contribution < -0.4 is 10.5 Å². The quantitative estimate of drug-likeness (QED) is 0.467. The van der Waals surface area contributed by atoms with Gasteiger partial charge < -0.3 is 19.9 Å². The summed E-state index contributed by atoms with van der Waals surface area (Å²) >= 11 is 0. The fourth-order valence-corrected chi connectivity index (χ4v) is 4.76. The largest absolute Gasteiger partial charge is 0.495 e. The number of amides is 1. The highest BCUT2D eigenvalue weighted by atomic mass is 32.2. The maximum atomic E-state index is 13.1. The molecule has 1 aliphatic rings. The minimum absolute atomic E-state index is 0.0169. The Balaban J connectivity index is 1.80. The summed E-state index contributed by atoms with van der Waals surface area (Å²) in [6.07, 6.45) is 1.26. The van der Waals surface area contributed by atoms with Gasteiger partial charge in [0.1, 0.15) is 10.6 Å². The third kappa shape index (κ3) is 5.52. The normalized spacial score (nSPS) is 15.9. The smallest absolute Gasteiger partial charge is 0.331 e. The van der Waals surface area contributed by atoms with Gasteiger partial charge in [-0.1, -0.05) is 36.4 Å². The molecule has 0 aliphatic carbocycles. The maximum absolute atomic E-state index is 13.1. The number of primary amides is 1. The van der Waals surface area contributed by atoms with Gasteiger partial charge in [0.05, 0.1) is 20.3 Å². The fourth-order valence-electron chi connectivity index (χ4n) is 3.16. The molecular formula is C22H24N2O7S. The minimum atomic E-state index is -3.82. The van der Waals surface area contributed by atoms with Crippen LogP contribution in [0.3, 0.4) is 0 Å². The van der Waals surface area contributed by atoms with E-state index < -0.39 is 28.0 Å². The van der Waals surface area contributed by atoms with Crippen molar-refractivity contribution in [2.45, 2.75) is 11.0 Å². The van der Waals surface area contributed by atoms with E-state index in [9.17, 15) is 18.0 Å². The molecule has 1 amide bonds. The van der Waals surface area contributed by atoms with E-state index in [1.165, 1.54) is 29.6 Å². The van der Waals surface area contributed by atoms with Crippen LogP contribution in [0.25, 0.3) is 6.08 Å². The Bertz CT molecular complexity index is 1090. The molecule has 1 fully saturated rings. The van der Waals surface area contributed by atoms with Crippen molar-refractivity contribution in [3.63, 3.8) is 0 Å². The number of hydrogen-bond acceptors (Lipinski definition) is 7. The van der Waals surface area contributed by atoms with E-state index in [4.69, 9.17) is 19.9 Å². The van der Waals surface area contributed by atoms with E-state index in [-0.39, 0.29) is 23.7 Å². The van der Waals surface area contributed by atoms with Gasteiger partial charge in [-0.25, -0.2) is 13.2 Å². The van der Waals surface area contributed by atoms with Gasteiger partial charge in [0, 0.05) is 24.7 Å². The van der Waals surface area contributed by atoms with Crippen molar-refractivity contribution in [2.75, 3.05) is 33.4 Å². The maximum Gasteiger partial charge on any atom is 0.331 e. The fraction of sp³-hybridized carbons (Fsp3) is 0.273. The molecule has 32 heavy (non-hydrogen) atoms. The Morgan fingerprint density at radius 1 is 1.12 bits per heavy atom. The average Bonchev–Trinajstić information content (AvgIpc) is 2.82. The van der Waals surface area contributed by atoms with Crippen LogP contribution in [0.4, 0.5) is 0 Å². The number of methoxy groups -OCH3 is 1. The standard InChI is InChI=1S/C22H24N2O7S/c1-29-18-9-7-16(15-19(18)32(27,28)24-11-13-30-14-12-24)8-10-20(25)31-21(22(23)26)17-5-3-2-4-6-17/h2-10,15,21H,11-14H2,1H3,(H2,23,26)/b10-8+. The van der Waals surface area contributed by atoms with Crippen molar-refractivity contribution < 1.29 is 32.2 Å². The summed E-state index contributed by atoms with van der Waals surface area (Å²) in [6.45, 7) is 1.11. The highest BCUT2D eigenvalue weighted by Crippen LogP contribution is 2.29. The molecule has 9 nitrogen and oxygen atoms in total. The van der Waals surface area contributed by atoms with Gasteiger partial charge in [-0.3, -0.25) is 4.79 Å². The average molecular weight is 461 g/mol. The second-order valence-corrected chi connectivity index (χ2v) is 8.80. The van der Waals surface area contributed by atoms with Crippen LogP contribution in [-0.4, -0.2) is 58.0 Å². The lowest BCUT2D eigenvalue weighted by molar-refractivity contribution is -0.150. The molecule has 3 rings (SSSR count). The monoisotopic (exact) mass is 460 g/mol. The predicted molar refractivity (Wildman–Crippen MR) is 116 cm³/mol. The van der Waals surface area contributed by atoms with Gasteiger partial charge in [0.2, 0.25) is 16.1 Å². The van der Waals surface area contributed by atoms with E-state index in [1.54, 1.807) is 36.4 Å². The molecule has 1 atom stereocenters. The summed E-state index contributed by atoms with van der Waals surface area (Å²) in [5.74, 6) is -1.42. The van der Waals surface area contributed by atoms with Crippen molar-refractivity contribution in [3.05, 3.63) is 65.7 Å². The molecule has 2 aromatic carbocycles. The first kappa shape index (κ1) is 23.5. The van der Waals surface area contributed by atoms with Crippen LogP contribution in [0.1, 0.15) is 17.2 Å². The van der Waals surface area contributed by atoms with Crippen LogP contribution >= 0.6 is 0 Å². The van der Waals surface area contributed by atoms with Gasteiger partial charge in [0.25, 0.3) is 5.91 Å². The topological polar surface area (TPSA) is 125 Å². The lowest BCUT2D eigenvalue weighted by Crippen LogP contribution is -2.40. The number of carbonyl (C=O) groups excluding carboxylic acids is 2. The number of sulfonamides is 1. The summed E-state index contributed by atoms with van der Waals surface area (Å²) in [5.41, 5.74) is 6.24. The van der Waals surface area contributed by atoms with E-state index in [0.29, 0.717) is 24.3 Å². The number of rotatable bonds is 8. The zero-order chi connectivity index (χ0) is 23.1. The van der Waals surface area contributed by atoms with Crippen molar-refractivity contribution in [2.24, 2.45) is 5.73 Å². The third-order valence-corrected chi connectivity index (χ3v) is 6.70. The minimum Gasteiger partial charge on any atom is -0.495 e. The number of esters is 1. The molecule has 1 aliphatic heterocycles. The Morgan fingerprint density at radius 2 is 1.81 bits per heavy atom. The molecule has 0 spiro atoms. The second kappa shape index (κ2) is 10.4. The van der Waals surface area contributed by atoms with Crippen LogP contribution in [-0.2, 0) is 29.1 Å². The van der Waals surface area contributed by atoms with Crippen molar-refractivity contribution in [1.29, 1.82) is 0 Å². The Morgan fingerprint density at radius 3 is 2.44 bits per heavy atom. The van der Waals surface area contributed by atoms with E-state index >= 15 is 0 Å². The number of ether oxygens (including phenoxy) is 3. The summed E-state index contributed by atoms with van der Waals surface area (Å²) in [6, 6.07) is 12.9. The zero-order valence-electron chi connectivity index (χ0n) is 17.5. The highest BCUT2D eigenvalue weighted by Gasteiger charge is 2.29. The van der Waals surface area contributed by atoms with Crippen LogP contribution in [0.2, 0.25) is 0 Å². The van der Waals surface area contributed by atoms with E-state index in [0.717, 1.165) is 6.08 Å².